The fraction of sp³-hybridized carbons (Fsp3) is 0.267. The number of hydroxylamine groups is 1. The molecule has 1 aromatic rings. The molecule has 0 amide bonds. The molecule has 0 N–H and O–H groups in total. The molecule has 1 atom stereocenters. The molecular formula is C15H10BrClF3N3O2. The van der Waals surface area contributed by atoms with Crippen molar-refractivity contribution < 1.29 is 22.7 Å². The standard InChI is InChI=1S/C15H10BrClF3N3O2/c1-3-4-24-13-6-11(10(18)5-9(13)17)22-12(7-21)14(16)8(2)23(22)25-15(19)20/h1,5-6,8,15H,4H2,2H3. The summed E-state index contributed by atoms with van der Waals surface area (Å²) in [5.74, 6) is 1.38. The molecule has 1 aliphatic heterocycles. The van der Waals surface area contributed by atoms with E-state index in [-0.39, 0.29) is 33.2 Å². The Hall–Kier alpha value is -1.91. The van der Waals surface area contributed by atoms with Crippen LogP contribution in [0.4, 0.5) is 18.9 Å². The van der Waals surface area contributed by atoms with E-state index in [9.17, 15) is 18.4 Å². The number of halogens is 5. The van der Waals surface area contributed by atoms with Gasteiger partial charge in [-0.15, -0.1) is 6.42 Å². The Morgan fingerprint density at radius 2 is 2.16 bits per heavy atom. The minimum Gasteiger partial charge on any atom is -0.479 e. The van der Waals surface area contributed by atoms with Gasteiger partial charge in [-0.05, 0) is 13.0 Å². The predicted octanol–water partition coefficient (Wildman–Crippen LogP) is 4.20. The lowest BCUT2D eigenvalue weighted by Crippen LogP contribution is -2.43. The van der Waals surface area contributed by atoms with Crippen LogP contribution in [0.3, 0.4) is 0 Å². The fourth-order valence-corrected chi connectivity index (χ4v) is 2.76. The number of nitrogens with zero attached hydrogens (tertiary/aromatic N) is 3. The Labute approximate surface area is 155 Å². The number of alkyl halides is 2. The largest absolute Gasteiger partial charge is 0.479 e. The van der Waals surface area contributed by atoms with Gasteiger partial charge >= 0.3 is 6.61 Å². The van der Waals surface area contributed by atoms with Gasteiger partial charge in [-0.1, -0.05) is 38.6 Å². The minimum absolute atomic E-state index is 0.0287. The van der Waals surface area contributed by atoms with E-state index in [1.54, 1.807) is 0 Å². The maximum atomic E-state index is 14.4. The number of benzene rings is 1. The van der Waals surface area contributed by atoms with E-state index in [1.807, 2.05) is 6.07 Å². The molecule has 1 aliphatic rings. The van der Waals surface area contributed by atoms with Gasteiger partial charge in [0.15, 0.2) is 0 Å². The van der Waals surface area contributed by atoms with Crippen LogP contribution in [0.15, 0.2) is 22.3 Å². The molecule has 25 heavy (non-hydrogen) atoms. The van der Waals surface area contributed by atoms with E-state index in [4.69, 9.17) is 22.8 Å². The molecule has 0 spiro atoms. The smallest absolute Gasteiger partial charge is 0.362 e. The lowest BCUT2D eigenvalue weighted by molar-refractivity contribution is -0.290. The number of ether oxygens (including phenoxy) is 1. The van der Waals surface area contributed by atoms with Crippen LogP contribution in [0.1, 0.15) is 6.92 Å². The van der Waals surface area contributed by atoms with Crippen LogP contribution in [-0.4, -0.2) is 24.4 Å². The predicted molar refractivity (Wildman–Crippen MR) is 88.2 cm³/mol. The molecule has 132 valence electrons. The van der Waals surface area contributed by atoms with Crippen molar-refractivity contribution in [1.82, 2.24) is 5.17 Å². The first-order valence-corrected chi connectivity index (χ1v) is 7.88. The summed E-state index contributed by atoms with van der Waals surface area (Å²) in [5, 5.41) is 10.8. The molecule has 0 aromatic heterocycles. The normalized spacial score (nSPS) is 17.8. The maximum Gasteiger partial charge on any atom is 0.362 e. The molecule has 0 bridgehead atoms. The van der Waals surface area contributed by atoms with Crippen molar-refractivity contribution in [3.8, 4) is 24.2 Å². The zero-order valence-corrected chi connectivity index (χ0v) is 15.0. The minimum atomic E-state index is -3.18. The summed E-state index contributed by atoms with van der Waals surface area (Å²) in [6.07, 6.45) is 5.10. The number of rotatable bonds is 5. The highest BCUT2D eigenvalue weighted by atomic mass is 79.9. The number of hydrogen-bond donors (Lipinski definition) is 0. The summed E-state index contributed by atoms with van der Waals surface area (Å²) < 4.78 is 45.4. The zero-order chi connectivity index (χ0) is 18.7. The van der Waals surface area contributed by atoms with Crippen LogP contribution in [0.25, 0.3) is 0 Å². The van der Waals surface area contributed by atoms with Gasteiger partial charge in [0, 0.05) is 6.07 Å². The van der Waals surface area contributed by atoms with E-state index in [0.717, 1.165) is 17.1 Å². The van der Waals surface area contributed by atoms with Gasteiger partial charge in [0.1, 0.15) is 35.6 Å². The van der Waals surface area contributed by atoms with E-state index < -0.39 is 18.5 Å². The Balaban J connectivity index is 2.56. The van der Waals surface area contributed by atoms with Gasteiger partial charge in [0.2, 0.25) is 0 Å². The second-order valence-corrected chi connectivity index (χ2v) is 5.95. The Morgan fingerprint density at radius 1 is 1.48 bits per heavy atom. The number of nitriles is 1. The Bertz CT molecular complexity index is 791. The Morgan fingerprint density at radius 3 is 2.72 bits per heavy atom. The van der Waals surface area contributed by atoms with Crippen LogP contribution in [0, 0.1) is 29.5 Å². The third kappa shape index (κ3) is 3.86. The topological polar surface area (TPSA) is 48.7 Å². The number of anilines is 1. The highest BCUT2D eigenvalue weighted by Gasteiger charge is 2.40. The third-order valence-electron chi connectivity index (χ3n) is 3.17. The average Bonchev–Trinajstić information content (AvgIpc) is 2.78. The van der Waals surface area contributed by atoms with Crippen LogP contribution in [-0.2, 0) is 4.84 Å². The van der Waals surface area contributed by atoms with E-state index in [0.29, 0.717) is 5.17 Å². The summed E-state index contributed by atoms with van der Waals surface area (Å²) >= 11 is 9.03. The van der Waals surface area contributed by atoms with Crippen molar-refractivity contribution in [2.45, 2.75) is 19.6 Å². The molecular weight excluding hydrogens is 427 g/mol. The summed E-state index contributed by atoms with van der Waals surface area (Å²) in [7, 11) is 0. The van der Waals surface area contributed by atoms with Gasteiger partial charge in [-0.25, -0.2) is 14.2 Å². The van der Waals surface area contributed by atoms with Gasteiger partial charge in [0.25, 0.3) is 0 Å². The SMILES string of the molecule is C#CCOc1cc(N2C(C#N)=C(Br)C(C)N2OC(F)F)c(F)cc1Cl. The van der Waals surface area contributed by atoms with E-state index >= 15 is 0 Å². The molecule has 0 saturated heterocycles. The van der Waals surface area contributed by atoms with Crippen LogP contribution in [0.2, 0.25) is 5.02 Å². The molecule has 1 aromatic carbocycles. The first-order valence-electron chi connectivity index (χ1n) is 6.71. The molecule has 0 fully saturated rings. The average molecular weight is 437 g/mol. The molecule has 2 rings (SSSR count). The summed E-state index contributed by atoms with van der Waals surface area (Å²) in [6.45, 7) is -1.83. The molecule has 1 heterocycles. The van der Waals surface area contributed by atoms with Crippen molar-refractivity contribution in [1.29, 1.82) is 5.26 Å². The molecule has 0 saturated carbocycles. The number of terminal acetylenes is 1. The van der Waals surface area contributed by atoms with Gasteiger partial charge in [-0.3, -0.25) is 0 Å². The van der Waals surface area contributed by atoms with Crippen LogP contribution in [0.5, 0.6) is 5.75 Å². The molecule has 5 nitrogen and oxygen atoms in total. The first kappa shape index (κ1) is 19.4. The number of hydrogen-bond acceptors (Lipinski definition) is 5. The monoisotopic (exact) mass is 435 g/mol. The van der Waals surface area contributed by atoms with Crippen LogP contribution < -0.4 is 9.75 Å². The third-order valence-corrected chi connectivity index (χ3v) is 4.50. The summed E-state index contributed by atoms with van der Waals surface area (Å²) in [6, 6.07) is 3.09. The Kier molecular flexibility index (Phi) is 6.20. The van der Waals surface area contributed by atoms with Gasteiger partial charge in [-0.2, -0.15) is 14.0 Å². The van der Waals surface area contributed by atoms with E-state index in [2.05, 4.69) is 26.7 Å². The second kappa shape index (κ2) is 7.98. The van der Waals surface area contributed by atoms with Gasteiger partial charge < -0.3 is 4.74 Å². The van der Waals surface area contributed by atoms with Crippen molar-refractivity contribution in [3.05, 3.63) is 33.2 Å². The second-order valence-electron chi connectivity index (χ2n) is 4.69. The molecule has 10 heteroatoms. The quantitative estimate of drug-likeness (QED) is 0.648. The molecule has 0 aliphatic carbocycles. The summed E-state index contributed by atoms with van der Waals surface area (Å²) in [4.78, 5) is 4.43. The lowest BCUT2D eigenvalue weighted by Gasteiger charge is -2.31. The highest BCUT2D eigenvalue weighted by Crippen LogP contribution is 2.41. The van der Waals surface area contributed by atoms with Crippen LogP contribution >= 0.6 is 27.5 Å². The van der Waals surface area contributed by atoms with Crippen molar-refractivity contribution in [3.63, 3.8) is 0 Å². The molecule has 1 unspecified atom stereocenters. The fourth-order valence-electron chi connectivity index (χ4n) is 2.13. The maximum absolute atomic E-state index is 14.4. The van der Waals surface area contributed by atoms with E-state index in [1.165, 1.54) is 6.92 Å². The number of allylic oxidation sites excluding steroid dienone is 1. The highest BCUT2D eigenvalue weighted by molar-refractivity contribution is 9.11. The van der Waals surface area contributed by atoms with Crippen molar-refractivity contribution in [2.24, 2.45) is 0 Å². The van der Waals surface area contributed by atoms with Crippen molar-refractivity contribution in [2.75, 3.05) is 11.6 Å². The summed E-state index contributed by atoms with van der Waals surface area (Å²) in [5.41, 5.74) is -0.396. The zero-order valence-electron chi connectivity index (χ0n) is 12.6. The lowest BCUT2D eigenvalue weighted by atomic mass is 10.2. The first-order chi connectivity index (χ1) is 11.8. The molecule has 0 radical (unpaired) electrons. The van der Waals surface area contributed by atoms with Gasteiger partial charge in [0.05, 0.1) is 15.5 Å². The number of hydrazine groups is 1. The van der Waals surface area contributed by atoms with Crippen molar-refractivity contribution >= 4 is 33.2 Å².